The topological polar surface area (TPSA) is 29.3 Å². The average molecular weight is 246 g/mol. The molecule has 2 rings (SSSR count). The highest BCUT2D eigenvalue weighted by molar-refractivity contribution is 5.15. The number of hydrogen-bond acceptors (Lipinski definition) is 2. The van der Waals surface area contributed by atoms with Crippen molar-refractivity contribution in [1.29, 1.82) is 0 Å². The Kier molecular flexibility index (Phi) is 4.79. The standard InChI is InChI=1S/C16H26N2/c1-3-15-12-18(10-9-16(15)17)13(2)11-14-7-5-4-6-8-14/h4-8,13,15-16H,3,9-12,17H2,1-2H3. The molecule has 1 aliphatic rings. The van der Waals surface area contributed by atoms with Crippen LogP contribution in [0.2, 0.25) is 0 Å². The van der Waals surface area contributed by atoms with Crippen LogP contribution >= 0.6 is 0 Å². The zero-order chi connectivity index (χ0) is 13.0. The van der Waals surface area contributed by atoms with Crippen LogP contribution in [0.25, 0.3) is 0 Å². The van der Waals surface area contributed by atoms with Crippen molar-refractivity contribution in [2.45, 2.75) is 45.2 Å². The summed E-state index contributed by atoms with van der Waals surface area (Å²) in [4.78, 5) is 2.62. The fourth-order valence-electron chi connectivity index (χ4n) is 2.99. The summed E-state index contributed by atoms with van der Waals surface area (Å²) in [6.07, 6.45) is 3.50. The number of hydrogen-bond donors (Lipinski definition) is 1. The summed E-state index contributed by atoms with van der Waals surface area (Å²) in [6.45, 7) is 6.93. The van der Waals surface area contributed by atoms with Crippen molar-refractivity contribution in [2.75, 3.05) is 13.1 Å². The summed E-state index contributed by atoms with van der Waals surface area (Å²) in [5.41, 5.74) is 7.62. The van der Waals surface area contributed by atoms with Crippen molar-refractivity contribution >= 4 is 0 Å². The Hall–Kier alpha value is -0.860. The Bertz CT molecular complexity index is 349. The fourth-order valence-corrected chi connectivity index (χ4v) is 2.99. The minimum Gasteiger partial charge on any atom is -0.327 e. The van der Waals surface area contributed by atoms with Gasteiger partial charge in [-0.05, 0) is 37.8 Å². The van der Waals surface area contributed by atoms with Crippen LogP contribution in [0.15, 0.2) is 30.3 Å². The van der Waals surface area contributed by atoms with E-state index < -0.39 is 0 Å². The van der Waals surface area contributed by atoms with E-state index in [1.165, 1.54) is 18.5 Å². The van der Waals surface area contributed by atoms with Gasteiger partial charge in [-0.25, -0.2) is 0 Å². The molecule has 0 radical (unpaired) electrons. The minimum atomic E-state index is 0.412. The van der Waals surface area contributed by atoms with E-state index in [-0.39, 0.29) is 0 Å². The SMILES string of the molecule is CCC1CN(C(C)Cc2ccccc2)CCC1N. The first-order valence-corrected chi connectivity index (χ1v) is 7.24. The van der Waals surface area contributed by atoms with Crippen LogP contribution in [-0.4, -0.2) is 30.1 Å². The lowest BCUT2D eigenvalue weighted by Crippen LogP contribution is -2.50. The van der Waals surface area contributed by atoms with Crippen LogP contribution in [0, 0.1) is 5.92 Å². The third-order valence-electron chi connectivity index (χ3n) is 4.35. The van der Waals surface area contributed by atoms with Gasteiger partial charge in [0, 0.05) is 18.6 Å². The predicted molar refractivity (Wildman–Crippen MR) is 77.6 cm³/mol. The van der Waals surface area contributed by atoms with Crippen molar-refractivity contribution in [3.05, 3.63) is 35.9 Å². The van der Waals surface area contributed by atoms with E-state index in [9.17, 15) is 0 Å². The second-order valence-electron chi connectivity index (χ2n) is 5.65. The van der Waals surface area contributed by atoms with Crippen LogP contribution in [0.1, 0.15) is 32.3 Å². The van der Waals surface area contributed by atoms with Crippen LogP contribution in [-0.2, 0) is 6.42 Å². The van der Waals surface area contributed by atoms with E-state index in [1.807, 2.05) is 0 Å². The molecular formula is C16H26N2. The molecule has 0 spiro atoms. The third kappa shape index (κ3) is 3.33. The van der Waals surface area contributed by atoms with Gasteiger partial charge in [0.2, 0.25) is 0 Å². The van der Waals surface area contributed by atoms with Gasteiger partial charge in [0.1, 0.15) is 0 Å². The summed E-state index contributed by atoms with van der Waals surface area (Å²) in [6, 6.07) is 11.8. The van der Waals surface area contributed by atoms with Crippen molar-refractivity contribution in [3.8, 4) is 0 Å². The summed E-state index contributed by atoms with van der Waals surface area (Å²) in [5, 5.41) is 0. The van der Waals surface area contributed by atoms with Crippen molar-refractivity contribution < 1.29 is 0 Å². The molecule has 100 valence electrons. The number of piperidine rings is 1. The first-order chi connectivity index (χ1) is 8.70. The van der Waals surface area contributed by atoms with Gasteiger partial charge in [0.15, 0.2) is 0 Å². The average Bonchev–Trinajstić information content (AvgIpc) is 2.40. The van der Waals surface area contributed by atoms with E-state index in [2.05, 4.69) is 49.1 Å². The molecule has 2 N–H and O–H groups in total. The van der Waals surface area contributed by atoms with Gasteiger partial charge in [-0.1, -0.05) is 43.7 Å². The molecule has 3 unspecified atom stereocenters. The third-order valence-corrected chi connectivity index (χ3v) is 4.35. The molecule has 1 saturated heterocycles. The quantitative estimate of drug-likeness (QED) is 0.885. The molecule has 1 fully saturated rings. The Morgan fingerprint density at radius 3 is 2.72 bits per heavy atom. The second kappa shape index (κ2) is 6.35. The van der Waals surface area contributed by atoms with E-state index in [1.54, 1.807) is 0 Å². The molecule has 2 heteroatoms. The molecule has 0 saturated carbocycles. The lowest BCUT2D eigenvalue weighted by molar-refractivity contribution is 0.114. The number of rotatable bonds is 4. The van der Waals surface area contributed by atoms with Crippen molar-refractivity contribution in [1.82, 2.24) is 4.90 Å². The monoisotopic (exact) mass is 246 g/mol. The highest BCUT2D eigenvalue weighted by Gasteiger charge is 2.27. The van der Waals surface area contributed by atoms with E-state index in [0.717, 1.165) is 19.4 Å². The summed E-state index contributed by atoms with van der Waals surface area (Å²) in [5.74, 6) is 0.678. The molecule has 0 aromatic heterocycles. The maximum Gasteiger partial charge on any atom is 0.0107 e. The predicted octanol–water partition coefficient (Wildman–Crippen LogP) is 2.68. The maximum atomic E-state index is 6.18. The number of nitrogens with two attached hydrogens (primary N) is 1. The first-order valence-electron chi connectivity index (χ1n) is 7.24. The molecule has 1 aliphatic heterocycles. The smallest absolute Gasteiger partial charge is 0.0107 e. The molecule has 18 heavy (non-hydrogen) atoms. The number of benzene rings is 1. The summed E-state index contributed by atoms with van der Waals surface area (Å²) >= 11 is 0. The summed E-state index contributed by atoms with van der Waals surface area (Å²) < 4.78 is 0. The van der Waals surface area contributed by atoms with Crippen LogP contribution in [0.5, 0.6) is 0 Å². The normalized spacial score (nSPS) is 27.1. The van der Waals surface area contributed by atoms with Crippen LogP contribution in [0.4, 0.5) is 0 Å². The molecule has 3 atom stereocenters. The van der Waals surface area contributed by atoms with Gasteiger partial charge in [-0.3, -0.25) is 4.90 Å². The van der Waals surface area contributed by atoms with Gasteiger partial charge >= 0.3 is 0 Å². The molecule has 2 nitrogen and oxygen atoms in total. The zero-order valence-electron chi connectivity index (χ0n) is 11.7. The molecular weight excluding hydrogens is 220 g/mol. The number of likely N-dealkylation sites (tertiary alicyclic amines) is 1. The largest absolute Gasteiger partial charge is 0.327 e. The van der Waals surface area contributed by atoms with E-state index in [0.29, 0.717) is 18.0 Å². The number of nitrogens with zero attached hydrogens (tertiary/aromatic N) is 1. The Morgan fingerprint density at radius 1 is 1.33 bits per heavy atom. The van der Waals surface area contributed by atoms with Crippen molar-refractivity contribution in [2.24, 2.45) is 11.7 Å². The highest BCUT2D eigenvalue weighted by Crippen LogP contribution is 2.21. The molecule has 1 heterocycles. The minimum absolute atomic E-state index is 0.412. The Balaban J connectivity index is 1.91. The van der Waals surface area contributed by atoms with Gasteiger partial charge < -0.3 is 5.73 Å². The lowest BCUT2D eigenvalue weighted by Gasteiger charge is -2.40. The molecule has 0 amide bonds. The Morgan fingerprint density at radius 2 is 2.06 bits per heavy atom. The van der Waals surface area contributed by atoms with Crippen LogP contribution < -0.4 is 5.73 Å². The van der Waals surface area contributed by atoms with Crippen LogP contribution in [0.3, 0.4) is 0 Å². The van der Waals surface area contributed by atoms with Gasteiger partial charge in [0.05, 0.1) is 0 Å². The molecule has 1 aromatic carbocycles. The Labute approximate surface area is 111 Å². The highest BCUT2D eigenvalue weighted by atomic mass is 15.2. The van der Waals surface area contributed by atoms with Gasteiger partial charge in [0.25, 0.3) is 0 Å². The van der Waals surface area contributed by atoms with Gasteiger partial charge in [-0.15, -0.1) is 0 Å². The maximum absolute atomic E-state index is 6.18. The summed E-state index contributed by atoms with van der Waals surface area (Å²) in [7, 11) is 0. The molecule has 0 bridgehead atoms. The van der Waals surface area contributed by atoms with Gasteiger partial charge in [-0.2, -0.15) is 0 Å². The van der Waals surface area contributed by atoms with E-state index >= 15 is 0 Å². The first kappa shape index (κ1) is 13.6. The fraction of sp³-hybridized carbons (Fsp3) is 0.625. The van der Waals surface area contributed by atoms with Crippen molar-refractivity contribution in [3.63, 3.8) is 0 Å². The lowest BCUT2D eigenvalue weighted by atomic mass is 9.89. The molecule has 1 aromatic rings. The zero-order valence-corrected chi connectivity index (χ0v) is 11.7. The molecule has 0 aliphatic carbocycles. The van der Waals surface area contributed by atoms with E-state index in [4.69, 9.17) is 5.73 Å². The second-order valence-corrected chi connectivity index (χ2v) is 5.65.